The third-order valence-electron chi connectivity index (χ3n) is 6.22. The Hall–Kier alpha value is -3.09. The van der Waals surface area contributed by atoms with Crippen LogP contribution in [0.1, 0.15) is 49.9 Å². The summed E-state index contributed by atoms with van der Waals surface area (Å²) in [5.41, 5.74) is 1.46. The van der Waals surface area contributed by atoms with Crippen molar-refractivity contribution in [3.63, 3.8) is 0 Å². The summed E-state index contributed by atoms with van der Waals surface area (Å²) >= 11 is 0. The molecule has 1 aliphatic rings. The SMILES string of the molecule is CCCc1ccccc1-c1nc(NCc2cccc(N3CCC[C@@H](C)C3)n2)ccc1C(F)(F)F. The molecule has 0 spiro atoms. The molecule has 3 aromatic rings. The summed E-state index contributed by atoms with van der Waals surface area (Å²) in [4.78, 5) is 11.5. The zero-order valence-corrected chi connectivity index (χ0v) is 19.7. The van der Waals surface area contributed by atoms with Gasteiger partial charge in [0, 0.05) is 18.7 Å². The average molecular weight is 469 g/mol. The maximum atomic E-state index is 13.8. The number of hydrogen-bond donors (Lipinski definition) is 1. The van der Waals surface area contributed by atoms with Gasteiger partial charge in [-0.05, 0) is 55.0 Å². The highest BCUT2D eigenvalue weighted by Crippen LogP contribution is 2.38. The van der Waals surface area contributed by atoms with Crippen molar-refractivity contribution < 1.29 is 13.2 Å². The van der Waals surface area contributed by atoms with Gasteiger partial charge in [0.2, 0.25) is 0 Å². The summed E-state index contributed by atoms with van der Waals surface area (Å²) < 4.78 is 41.4. The van der Waals surface area contributed by atoms with Crippen molar-refractivity contribution in [2.45, 2.75) is 52.3 Å². The lowest BCUT2D eigenvalue weighted by molar-refractivity contribution is -0.137. The first-order valence-electron chi connectivity index (χ1n) is 12.0. The fraction of sp³-hybridized carbons (Fsp3) is 0.407. The predicted molar refractivity (Wildman–Crippen MR) is 131 cm³/mol. The Morgan fingerprint density at radius 1 is 1.03 bits per heavy atom. The van der Waals surface area contributed by atoms with Crippen LogP contribution in [0, 0.1) is 5.92 Å². The lowest BCUT2D eigenvalue weighted by Gasteiger charge is -2.32. The minimum Gasteiger partial charge on any atom is -0.364 e. The molecule has 0 aliphatic carbocycles. The van der Waals surface area contributed by atoms with E-state index in [0.29, 0.717) is 30.3 Å². The van der Waals surface area contributed by atoms with Gasteiger partial charge in [-0.1, -0.05) is 50.6 Å². The first-order valence-corrected chi connectivity index (χ1v) is 12.0. The van der Waals surface area contributed by atoms with E-state index < -0.39 is 11.7 Å². The van der Waals surface area contributed by atoms with Crippen LogP contribution >= 0.6 is 0 Å². The lowest BCUT2D eigenvalue weighted by Crippen LogP contribution is -2.34. The third kappa shape index (κ3) is 5.69. The van der Waals surface area contributed by atoms with E-state index in [1.54, 1.807) is 12.1 Å². The molecule has 1 atom stereocenters. The van der Waals surface area contributed by atoms with Crippen LogP contribution in [0.5, 0.6) is 0 Å². The molecule has 1 N–H and O–H groups in total. The summed E-state index contributed by atoms with van der Waals surface area (Å²) in [5.74, 6) is 1.98. The molecule has 4 rings (SSSR count). The lowest BCUT2D eigenvalue weighted by atomic mass is 9.97. The molecule has 1 fully saturated rings. The molecule has 7 heteroatoms. The molecule has 4 nitrogen and oxygen atoms in total. The van der Waals surface area contributed by atoms with Crippen LogP contribution in [0.3, 0.4) is 0 Å². The van der Waals surface area contributed by atoms with Crippen molar-refractivity contribution >= 4 is 11.6 Å². The molecule has 1 aromatic carbocycles. The molecular weight excluding hydrogens is 437 g/mol. The zero-order chi connectivity index (χ0) is 24.1. The van der Waals surface area contributed by atoms with Crippen molar-refractivity contribution in [2.75, 3.05) is 23.3 Å². The summed E-state index contributed by atoms with van der Waals surface area (Å²) in [6.07, 6.45) is -0.557. The average Bonchev–Trinajstić information content (AvgIpc) is 2.83. The fourth-order valence-corrected chi connectivity index (χ4v) is 4.55. The van der Waals surface area contributed by atoms with Crippen LogP contribution in [0.15, 0.2) is 54.6 Å². The predicted octanol–water partition coefficient (Wildman–Crippen LogP) is 6.96. The third-order valence-corrected chi connectivity index (χ3v) is 6.22. The summed E-state index contributed by atoms with van der Waals surface area (Å²) in [6.45, 7) is 6.63. The Morgan fingerprint density at radius 3 is 2.62 bits per heavy atom. The summed E-state index contributed by atoms with van der Waals surface area (Å²) in [5, 5.41) is 3.18. The minimum absolute atomic E-state index is 0.0365. The van der Waals surface area contributed by atoms with E-state index in [1.165, 1.54) is 12.5 Å². The largest absolute Gasteiger partial charge is 0.418 e. The number of rotatable bonds is 7. The highest BCUT2D eigenvalue weighted by Gasteiger charge is 2.35. The molecule has 0 bridgehead atoms. The Bertz CT molecular complexity index is 1110. The Kier molecular flexibility index (Phi) is 7.39. The van der Waals surface area contributed by atoms with Crippen LogP contribution in [0.25, 0.3) is 11.3 Å². The van der Waals surface area contributed by atoms with Gasteiger partial charge in [0.05, 0.1) is 23.5 Å². The monoisotopic (exact) mass is 468 g/mol. The van der Waals surface area contributed by atoms with Crippen molar-refractivity contribution in [3.8, 4) is 11.3 Å². The quantitative estimate of drug-likeness (QED) is 0.407. The zero-order valence-electron chi connectivity index (χ0n) is 19.7. The molecule has 0 amide bonds. The van der Waals surface area contributed by atoms with Crippen LogP contribution < -0.4 is 10.2 Å². The molecular formula is C27H31F3N4. The second-order valence-electron chi connectivity index (χ2n) is 9.03. The van der Waals surface area contributed by atoms with Crippen LogP contribution in [-0.4, -0.2) is 23.1 Å². The maximum absolute atomic E-state index is 13.8. The Balaban J connectivity index is 1.58. The van der Waals surface area contributed by atoms with E-state index in [0.717, 1.165) is 49.1 Å². The van der Waals surface area contributed by atoms with Gasteiger partial charge in [-0.3, -0.25) is 0 Å². The maximum Gasteiger partial charge on any atom is 0.418 e. The fourth-order valence-electron chi connectivity index (χ4n) is 4.55. The van der Waals surface area contributed by atoms with E-state index in [4.69, 9.17) is 4.98 Å². The number of halogens is 3. The number of nitrogens with one attached hydrogen (secondary N) is 1. The highest BCUT2D eigenvalue weighted by atomic mass is 19.4. The molecule has 2 aromatic heterocycles. The second kappa shape index (κ2) is 10.5. The van der Waals surface area contributed by atoms with E-state index in [-0.39, 0.29) is 5.69 Å². The molecule has 34 heavy (non-hydrogen) atoms. The molecule has 180 valence electrons. The Morgan fingerprint density at radius 2 is 1.85 bits per heavy atom. The van der Waals surface area contributed by atoms with Gasteiger partial charge in [-0.2, -0.15) is 13.2 Å². The Labute approximate surface area is 199 Å². The number of alkyl halides is 3. The molecule has 3 heterocycles. The number of benzene rings is 1. The number of aryl methyl sites for hydroxylation is 1. The number of pyridine rings is 2. The second-order valence-corrected chi connectivity index (χ2v) is 9.03. The van der Waals surface area contributed by atoms with Crippen molar-refractivity contribution in [2.24, 2.45) is 5.92 Å². The standard InChI is InChI=1S/C27H31F3N4/c1-3-8-20-10-4-5-12-22(20)26-23(27(28,29)30)14-15-24(33-26)31-17-21-11-6-13-25(32-21)34-16-7-9-19(2)18-34/h4-6,10-15,19H,3,7-9,16-18H2,1-2H3,(H,31,33)/t19-/m1/s1. The smallest absolute Gasteiger partial charge is 0.364 e. The number of aromatic nitrogens is 2. The van der Waals surface area contributed by atoms with Gasteiger partial charge in [0.15, 0.2) is 0 Å². The van der Waals surface area contributed by atoms with Crippen molar-refractivity contribution in [3.05, 3.63) is 71.4 Å². The number of nitrogens with zero attached hydrogens (tertiary/aromatic N) is 3. The van der Waals surface area contributed by atoms with Crippen molar-refractivity contribution in [1.29, 1.82) is 0 Å². The van der Waals surface area contributed by atoms with Crippen LogP contribution in [-0.2, 0) is 19.1 Å². The number of anilines is 2. The summed E-state index contributed by atoms with van der Waals surface area (Å²) in [6, 6.07) is 15.6. The van der Waals surface area contributed by atoms with E-state index in [2.05, 4.69) is 22.1 Å². The van der Waals surface area contributed by atoms with Gasteiger partial charge in [0.25, 0.3) is 0 Å². The molecule has 0 saturated carbocycles. The summed E-state index contributed by atoms with van der Waals surface area (Å²) in [7, 11) is 0. The van der Waals surface area contributed by atoms with Crippen molar-refractivity contribution in [1.82, 2.24) is 9.97 Å². The first-order chi connectivity index (χ1) is 16.3. The van der Waals surface area contributed by atoms with Crippen LogP contribution in [0.4, 0.5) is 24.8 Å². The molecule has 1 aliphatic heterocycles. The van der Waals surface area contributed by atoms with E-state index in [1.807, 2.05) is 37.3 Å². The van der Waals surface area contributed by atoms with Gasteiger partial charge >= 0.3 is 6.18 Å². The van der Waals surface area contributed by atoms with Gasteiger partial charge in [0.1, 0.15) is 11.6 Å². The molecule has 0 unspecified atom stereocenters. The molecule has 1 saturated heterocycles. The number of piperidine rings is 1. The normalized spacial score (nSPS) is 16.5. The number of hydrogen-bond acceptors (Lipinski definition) is 4. The van der Waals surface area contributed by atoms with E-state index >= 15 is 0 Å². The minimum atomic E-state index is -4.48. The van der Waals surface area contributed by atoms with Gasteiger partial charge < -0.3 is 10.2 Å². The van der Waals surface area contributed by atoms with E-state index in [9.17, 15) is 13.2 Å². The van der Waals surface area contributed by atoms with Crippen LogP contribution in [0.2, 0.25) is 0 Å². The van der Waals surface area contributed by atoms with Gasteiger partial charge in [-0.15, -0.1) is 0 Å². The topological polar surface area (TPSA) is 41.1 Å². The highest BCUT2D eigenvalue weighted by molar-refractivity contribution is 5.69. The first kappa shape index (κ1) is 24.0. The molecule has 0 radical (unpaired) electrons. The van der Waals surface area contributed by atoms with Gasteiger partial charge in [-0.25, -0.2) is 9.97 Å².